The van der Waals surface area contributed by atoms with Crippen LogP contribution in [0.25, 0.3) is 11.0 Å². The van der Waals surface area contributed by atoms with Gasteiger partial charge in [0.1, 0.15) is 6.54 Å². The fourth-order valence-electron chi connectivity index (χ4n) is 3.42. The molecule has 1 aromatic heterocycles. The number of imidazole rings is 1. The van der Waals surface area contributed by atoms with E-state index < -0.39 is 0 Å². The van der Waals surface area contributed by atoms with Crippen molar-refractivity contribution in [1.82, 2.24) is 14.0 Å². The minimum atomic E-state index is -0.0729. The molecular weight excluding hydrogens is 290 g/mol. The molecule has 0 unspecified atom stereocenters. The normalized spacial score (nSPS) is 15.8. The molecule has 1 aromatic carbocycles. The van der Waals surface area contributed by atoms with Crippen LogP contribution in [0, 0.1) is 0 Å². The number of carbonyl (C=O) groups excluding carboxylic acids is 1. The lowest BCUT2D eigenvalue weighted by molar-refractivity contribution is -0.131. The first-order valence-electron chi connectivity index (χ1n) is 8.68. The number of carbonyl (C=O) groups is 1. The van der Waals surface area contributed by atoms with Gasteiger partial charge in [-0.1, -0.05) is 31.9 Å². The molecule has 0 atom stereocenters. The van der Waals surface area contributed by atoms with Crippen LogP contribution in [0.3, 0.4) is 0 Å². The predicted molar refractivity (Wildman–Crippen MR) is 91.5 cm³/mol. The lowest BCUT2D eigenvalue weighted by Crippen LogP contribution is -2.37. The molecule has 3 rings (SSSR count). The van der Waals surface area contributed by atoms with E-state index in [1.165, 1.54) is 12.8 Å². The Balaban J connectivity index is 1.91. The molecule has 5 nitrogen and oxygen atoms in total. The summed E-state index contributed by atoms with van der Waals surface area (Å²) in [5, 5.41) is 0. The topological polar surface area (TPSA) is 47.2 Å². The van der Waals surface area contributed by atoms with E-state index in [1.54, 1.807) is 9.13 Å². The molecule has 5 heteroatoms. The SMILES string of the molecule is CCCn1c(=O)n(CC(=O)N2CCCCCC2)c2ccccc21. The van der Waals surface area contributed by atoms with Crippen LogP contribution < -0.4 is 5.69 Å². The quantitative estimate of drug-likeness (QED) is 0.871. The Labute approximate surface area is 136 Å². The fraction of sp³-hybridized carbons (Fsp3) is 0.556. The largest absolute Gasteiger partial charge is 0.341 e. The van der Waals surface area contributed by atoms with Gasteiger partial charge in [0, 0.05) is 19.6 Å². The van der Waals surface area contributed by atoms with Crippen molar-refractivity contribution >= 4 is 16.9 Å². The van der Waals surface area contributed by atoms with Crippen LogP contribution in [0.2, 0.25) is 0 Å². The third-order valence-electron chi connectivity index (χ3n) is 4.62. The Morgan fingerprint density at radius 3 is 2.22 bits per heavy atom. The second kappa shape index (κ2) is 7.02. The second-order valence-electron chi connectivity index (χ2n) is 6.30. The number of aromatic nitrogens is 2. The van der Waals surface area contributed by atoms with Gasteiger partial charge in [-0.15, -0.1) is 0 Å². The molecule has 0 spiro atoms. The van der Waals surface area contributed by atoms with Gasteiger partial charge in [0.15, 0.2) is 0 Å². The zero-order valence-corrected chi connectivity index (χ0v) is 13.8. The van der Waals surface area contributed by atoms with Crippen LogP contribution in [0.15, 0.2) is 29.1 Å². The molecule has 124 valence electrons. The van der Waals surface area contributed by atoms with E-state index in [2.05, 4.69) is 6.92 Å². The summed E-state index contributed by atoms with van der Waals surface area (Å²) in [7, 11) is 0. The maximum absolute atomic E-state index is 12.7. The van der Waals surface area contributed by atoms with E-state index in [4.69, 9.17) is 0 Å². The Morgan fingerprint density at radius 1 is 1.00 bits per heavy atom. The van der Waals surface area contributed by atoms with Crippen molar-refractivity contribution in [2.24, 2.45) is 0 Å². The maximum Gasteiger partial charge on any atom is 0.329 e. The summed E-state index contributed by atoms with van der Waals surface area (Å²) in [6, 6.07) is 7.75. The predicted octanol–water partition coefficient (Wildman–Crippen LogP) is 2.62. The molecule has 0 N–H and O–H groups in total. The number of aryl methyl sites for hydroxylation is 1. The molecule has 0 radical (unpaired) electrons. The third kappa shape index (κ3) is 3.19. The van der Waals surface area contributed by atoms with Gasteiger partial charge >= 0.3 is 5.69 Å². The van der Waals surface area contributed by atoms with Crippen molar-refractivity contribution in [3.63, 3.8) is 0 Å². The summed E-state index contributed by atoms with van der Waals surface area (Å²) in [4.78, 5) is 27.3. The number of benzene rings is 1. The molecule has 0 saturated carbocycles. The molecular formula is C18H25N3O2. The number of nitrogens with zero attached hydrogens (tertiary/aromatic N) is 3. The lowest BCUT2D eigenvalue weighted by Gasteiger charge is -2.20. The number of amides is 1. The van der Waals surface area contributed by atoms with E-state index in [-0.39, 0.29) is 18.1 Å². The van der Waals surface area contributed by atoms with E-state index in [0.717, 1.165) is 43.4 Å². The van der Waals surface area contributed by atoms with Gasteiger partial charge < -0.3 is 4.90 Å². The molecule has 0 aliphatic carbocycles. The van der Waals surface area contributed by atoms with Gasteiger partial charge in [0.05, 0.1) is 11.0 Å². The minimum absolute atomic E-state index is 0.0633. The molecule has 1 amide bonds. The van der Waals surface area contributed by atoms with Gasteiger partial charge in [-0.3, -0.25) is 13.9 Å². The van der Waals surface area contributed by atoms with E-state index in [9.17, 15) is 9.59 Å². The summed E-state index contributed by atoms with van der Waals surface area (Å²) in [6.45, 7) is 4.53. The summed E-state index contributed by atoms with van der Waals surface area (Å²) in [5.74, 6) is 0.0633. The van der Waals surface area contributed by atoms with Gasteiger partial charge in [-0.25, -0.2) is 4.79 Å². The average Bonchev–Trinajstić information content (AvgIpc) is 2.77. The first-order valence-corrected chi connectivity index (χ1v) is 8.68. The van der Waals surface area contributed by atoms with E-state index >= 15 is 0 Å². The standard InChI is InChI=1S/C18H25N3O2/c1-2-11-20-15-9-5-6-10-16(15)21(18(20)23)14-17(22)19-12-7-3-4-8-13-19/h5-6,9-10H,2-4,7-8,11-14H2,1H3. The van der Waals surface area contributed by atoms with Crippen LogP contribution in [-0.4, -0.2) is 33.0 Å². The van der Waals surface area contributed by atoms with Crippen LogP contribution >= 0.6 is 0 Å². The molecule has 2 heterocycles. The van der Waals surface area contributed by atoms with Gasteiger partial charge in [0.2, 0.25) is 5.91 Å². The van der Waals surface area contributed by atoms with Gasteiger partial charge in [0.25, 0.3) is 0 Å². The molecule has 23 heavy (non-hydrogen) atoms. The van der Waals surface area contributed by atoms with Crippen molar-refractivity contribution in [1.29, 1.82) is 0 Å². The molecule has 0 bridgehead atoms. The lowest BCUT2D eigenvalue weighted by atomic mass is 10.2. The number of fused-ring (bicyclic) bond motifs is 1. The smallest absolute Gasteiger partial charge is 0.329 e. The Hall–Kier alpha value is -2.04. The monoisotopic (exact) mass is 315 g/mol. The number of hydrogen-bond donors (Lipinski definition) is 0. The summed E-state index contributed by atoms with van der Waals surface area (Å²) in [5.41, 5.74) is 1.70. The minimum Gasteiger partial charge on any atom is -0.341 e. The Bertz CT molecular complexity index is 736. The van der Waals surface area contributed by atoms with Crippen molar-refractivity contribution in [2.75, 3.05) is 13.1 Å². The summed E-state index contributed by atoms with van der Waals surface area (Å²) < 4.78 is 3.42. The first kappa shape index (κ1) is 15.8. The average molecular weight is 315 g/mol. The molecule has 1 fully saturated rings. The van der Waals surface area contributed by atoms with Crippen molar-refractivity contribution < 1.29 is 4.79 Å². The van der Waals surface area contributed by atoms with Crippen molar-refractivity contribution in [3.8, 4) is 0 Å². The highest BCUT2D eigenvalue weighted by atomic mass is 16.2. The van der Waals surface area contributed by atoms with Gasteiger partial charge in [-0.2, -0.15) is 0 Å². The van der Waals surface area contributed by atoms with Crippen molar-refractivity contribution in [2.45, 2.75) is 52.1 Å². The summed E-state index contributed by atoms with van der Waals surface area (Å²) >= 11 is 0. The van der Waals surface area contributed by atoms with E-state index in [0.29, 0.717) is 6.54 Å². The van der Waals surface area contributed by atoms with Crippen LogP contribution in [0.4, 0.5) is 0 Å². The zero-order chi connectivity index (χ0) is 16.2. The number of likely N-dealkylation sites (tertiary alicyclic amines) is 1. The van der Waals surface area contributed by atoms with Gasteiger partial charge in [-0.05, 0) is 31.4 Å². The van der Waals surface area contributed by atoms with Crippen LogP contribution in [0.5, 0.6) is 0 Å². The molecule has 1 aliphatic heterocycles. The van der Waals surface area contributed by atoms with Crippen LogP contribution in [0.1, 0.15) is 39.0 Å². The number of rotatable bonds is 4. The third-order valence-corrected chi connectivity index (χ3v) is 4.62. The number of hydrogen-bond acceptors (Lipinski definition) is 2. The zero-order valence-electron chi connectivity index (χ0n) is 13.8. The fourth-order valence-corrected chi connectivity index (χ4v) is 3.42. The number of para-hydroxylation sites is 2. The molecule has 1 aliphatic rings. The Morgan fingerprint density at radius 2 is 1.61 bits per heavy atom. The second-order valence-corrected chi connectivity index (χ2v) is 6.30. The first-order chi connectivity index (χ1) is 11.2. The van der Waals surface area contributed by atoms with Crippen molar-refractivity contribution in [3.05, 3.63) is 34.7 Å². The van der Waals surface area contributed by atoms with E-state index in [1.807, 2.05) is 29.2 Å². The highest BCUT2D eigenvalue weighted by molar-refractivity contribution is 5.81. The highest BCUT2D eigenvalue weighted by Gasteiger charge is 2.19. The molecule has 2 aromatic rings. The Kier molecular flexibility index (Phi) is 4.84. The summed E-state index contributed by atoms with van der Waals surface area (Å²) in [6.07, 6.45) is 5.42. The maximum atomic E-state index is 12.7. The molecule has 1 saturated heterocycles. The highest BCUT2D eigenvalue weighted by Crippen LogP contribution is 2.15. The van der Waals surface area contributed by atoms with Crippen LogP contribution in [-0.2, 0) is 17.9 Å².